The lowest BCUT2D eigenvalue weighted by Crippen LogP contribution is -2.50. The molecule has 0 spiro atoms. The van der Waals surface area contributed by atoms with Crippen molar-refractivity contribution in [2.45, 2.75) is 0 Å². The lowest BCUT2D eigenvalue weighted by Gasteiger charge is -2.25. The Labute approximate surface area is 147 Å². The first-order valence-corrected chi connectivity index (χ1v) is 8.70. The lowest BCUT2D eigenvalue weighted by atomic mass is 10.3. The number of carbonyl (C=O) groups excluding carboxylic acids is 2. The quantitative estimate of drug-likeness (QED) is 0.775. The van der Waals surface area contributed by atoms with E-state index in [-0.39, 0.29) is 18.4 Å². The minimum Gasteiger partial charge on any atom is -0.353 e. The number of rotatable bonds is 3. The van der Waals surface area contributed by atoms with Crippen molar-refractivity contribution >= 4 is 23.2 Å². The number of nitrogens with zero attached hydrogens (tertiary/aromatic N) is 4. The molecule has 2 amide bonds. The first kappa shape index (κ1) is 15.5. The van der Waals surface area contributed by atoms with E-state index in [9.17, 15) is 9.59 Å². The van der Waals surface area contributed by atoms with Gasteiger partial charge in [-0.15, -0.1) is 11.3 Å². The Morgan fingerprint density at radius 1 is 1.24 bits per heavy atom. The van der Waals surface area contributed by atoms with Gasteiger partial charge in [0.15, 0.2) is 0 Å². The summed E-state index contributed by atoms with van der Waals surface area (Å²) in [5.74, 6) is -0.355. The number of para-hydroxylation sites is 1. The summed E-state index contributed by atoms with van der Waals surface area (Å²) in [5.41, 5.74) is 2.17. The Kier molecular flexibility index (Phi) is 4.02. The molecule has 8 heteroatoms. The predicted octanol–water partition coefficient (Wildman–Crippen LogP) is 1.57. The highest BCUT2D eigenvalue weighted by molar-refractivity contribution is 7.13. The molecule has 3 aromatic rings. The third kappa shape index (κ3) is 3.16. The molecule has 0 bridgehead atoms. The number of hydrogen-bond acceptors (Lipinski definition) is 5. The molecule has 1 saturated heterocycles. The minimum atomic E-state index is -0.215. The number of carbonyl (C=O) groups is 2. The van der Waals surface area contributed by atoms with Gasteiger partial charge in [-0.3, -0.25) is 9.59 Å². The summed E-state index contributed by atoms with van der Waals surface area (Å²) in [5, 5.41) is 9.51. The number of piperazine rings is 1. The molecule has 1 aromatic carbocycles. The fourth-order valence-corrected chi connectivity index (χ4v) is 3.40. The minimum absolute atomic E-state index is 0.0810. The van der Waals surface area contributed by atoms with E-state index in [0.29, 0.717) is 18.8 Å². The molecule has 1 fully saturated rings. The standard InChI is InChI=1S/C17H15N5O2S/c23-15-10-21(7-6-18-15)17(24)14-11-25-16(20-14)12-8-19-22(9-12)13-4-2-1-3-5-13/h1-5,8-9,11H,6-7,10H2,(H,18,23). The summed E-state index contributed by atoms with van der Waals surface area (Å²) in [7, 11) is 0. The first-order valence-electron chi connectivity index (χ1n) is 7.83. The van der Waals surface area contributed by atoms with Gasteiger partial charge in [-0.1, -0.05) is 18.2 Å². The number of hydrogen-bond donors (Lipinski definition) is 1. The molecule has 0 unspecified atom stereocenters. The van der Waals surface area contributed by atoms with Gasteiger partial charge in [0.1, 0.15) is 10.7 Å². The van der Waals surface area contributed by atoms with Crippen LogP contribution in [0.2, 0.25) is 0 Å². The summed E-state index contributed by atoms with van der Waals surface area (Å²) in [6.07, 6.45) is 3.62. The lowest BCUT2D eigenvalue weighted by molar-refractivity contribution is -0.123. The van der Waals surface area contributed by atoms with Gasteiger partial charge in [-0.2, -0.15) is 5.10 Å². The summed E-state index contributed by atoms with van der Waals surface area (Å²) >= 11 is 1.39. The van der Waals surface area contributed by atoms with Crippen molar-refractivity contribution in [1.29, 1.82) is 0 Å². The normalized spacial score (nSPS) is 14.4. The maximum atomic E-state index is 12.5. The molecule has 126 valence electrons. The third-order valence-electron chi connectivity index (χ3n) is 3.90. The number of benzene rings is 1. The highest BCUT2D eigenvalue weighted by Crippen LogP contribution is 2.24. The molecule has 1 N–H and O–H groups in total. The van der Waals surface area contributed by atoms with Gasteiger partial charge in [0, 0.05) is 30.2 Å². The molecule has 0 saturated carbocycles. The number of nitrogens with one attached hydrogen (secondary N) is 1. The second kappa shape index (κ2) is 6.48. The number of aromatic nitrogens is 3. The van der Waals surface area contributed by atoms with Crippen LogP contribution in [0.25, 0.3) is 16.3 Å². The SMILES string of the molecule is O=C1CN(C(=O)c2csc(-c3cnn(-c4ccccc4)c3)n2)CCN1. The molecule has 2 aromatic heterocycles. The average molecular weight is 353 g/mol. The molecule has 0 atom stereocenters. The van der Waals surface area contributed by atoms with Crippen molar-refractivity contribution in [3.05, 3.63) is 53.8 Å². The maximum Gasteiger partial charge on any atom is 0.273 e. The van der Waals surface area contributed by atoms with Crippen LogP contribution in [-0.2, 0) is 4.79 Å². The van der Waals surface area contributed by atoms with Gasteiger partial charge in [0.2, 0.25) is 5.91 Å². The van der Waals surface area contributed by atoms with Crippen LogP contribution in [0.3, 0.4) is 0 Å². The molecule has 1 aliphatic rings. The topological polar surface area (TPSA) is 80.1 Å². The molecule has 25 heavy (non-hydrogen) atoms. The Balaban J connectivity index is 1.54. The van der Waals surface area contributed by atoms with Crippen LogP contribution in [0.15, 0.2) is 48.1 Å². The van der Waals surface area contributed by atoms with Gasteiger partial charge in [-0.25, -0.2) is 9.67 Å². The van der Waals surface area contributed by atoms with Crippen LogP contribution in [0.1, 0.15) is 10.5 Å². The molecule has 0 aliphatic carbocycles. The van der Waals surface area contributed by atoms with Crippen molar-refractivity contribution < 1.29 is 9.59 Å². The Hall–Kier alpha value is -3.00. The van der Waals surface area contributed by atoms with Crippen molar-refractivity contribution in [2.24, 2.45) is 0 Å². The zero-order chi connectivity index (χ0) is 17.2. The zero-order valence-electron chi connectivity index (χ0n) is 13.3. The van der Waals surface area contributed by atoms with Crippen LogP contribution >= 0.6 is 11.3 Å². The van der Waals surface area contributed by atoms with Crippen molar-refractivity contribution in [1.82, 2.24) is 25.0 Å². The fraction of sp³-hybridized carbons (Fsp3) is 0.176. The number of thiazole rings is 1. The maximum absolute atomic E-state index is 12.5. The van der Waals surface area contributed by atoms with Gasteiger partial charge in [0.25, 0.3) is 5.91 Å². The van der Waals surface area contributed by atoms with E-state index in [2.05, 4.69) is 15.4 Å². The molecule has 1 aliphatic heterocycles. The van der Waals surface area contributed by atoms with Gasteiger partial charge in [-0.05, 0) is 12.1 Å². The second-order valence-corrected chi connectivity index (χ2v) is 6.48. The molecule has 4 rings (SSSR count). The van der Waals surface area contributed by atoms with E-state index in [1.165, 1.54) is 16.2 Å². The van der Waals surface area contributed by atoms with E-state index in [1.54, 1.807) is 16.3 Å². The van der Waals surface area contributed by atoms with Crippen LogP contribution in [-0.4, -0.2) is 51.1 Å². The Bertz CT molecular complexity index is 918. The molecule has 7 nitrogen and oxygen atoms in total. The summed E-state index contributed by atoms with van der Waals surface area (Å²) in [6, 6.07) is 9.79. The smallest absolute Gasteiger partial charge is 0.273 e. The monoisotopic (exact) mass is 353 g/mol. The van der Waals surface area contributed by atoms with Crippen LogP contribution in [0.4, 0.5) is 0 Å². The summed E-state index contributed by atoms with van der Waals surface area (Å²) in [4.78, 5) is 29.9. The van der Waals surface area contributed by atoms with Gasteiger partial charge >= 0.3 is 0 Å². The van der Waals surface area contributed by atoms with E-state index in [0.717, 1.165) is 16.3 Å². The van der Waals surface area contributed by atoms with Crippen LogP contribution in [0, 0.1) is 0 Å². The van der Waals surface area contributed by atoms with Crippen LogP contribution < -0.4 is 5.32 Å². The molecule has 0 radical (unpaired) electrons. The molecular weight excluding hydrogens is 338 g/mol. The molecular formula is C17H15N5O2S. The second-order valence-electron chi connectivity index (χ2n) is 5.62. The van der Waals surface area contributed by atoms with E-state index < -0.39 is 0 Å². The first-order chi connectivity index (χ1) is 12.2. The summed E-state index contributed by atoms with van der Waals surface area (Å²) in [6.45, 7) is 1.06. The highest BCUT2D eigenvalue weighted by atomic mass is 32.1. The van der Waals surface area contributed by atoms with Gasteiger partial charge in [0.05, 0.1) is 18.4 Å². The fourth-order valence-electron chi connectivity index (χ4n) is 2.63. The predicted molar refractivity (Wildman–Crippen MR) is 93.6 cm³/mol. The zero-order valence-corrected chi connectivity index (χ0v) is 14.1. The summed E-state index contributed by atoms with van der Waals surface area (Å²) < 4.78 is 1.77. The average Bonchev–Trinajstić information content (AvgIpc) is 3.31. The third-order valence-corrected chi connectivity index (χ3v) is 4.79. The van der Waals surface area contributed by atoms with Crippen LogP contribution in [0.5, 0.6) is 0 Å². The van der Waals surface area contributed by atoms with E-state index in [4.69, 9.17) is 0 Å². The largest absolute Gasteiger partial charge is 0.353 e. The molecule has 3 heterocycles. The van der Waals surface area contributed by atoms with E-state index >= 15 is 0 Å². The van der Waals surface area contributed by atoms with Gasteiger partial charge < -0.3 is 10.2 Å². The van der Waals surface area contributed by atoms with Crippen molar-refractivity contribution in [2.75, 3.05) is 19.6 Å². The number of amides is 2. The van der Waals surface area contributed by atoms with Crippen molar-refractivity contribution in [3.8, 4) is 16.3 Å². The van der Waals surface area contributed by atoms with E-state index in [1.807, 2.05) is 36.5 Å². The van der Waals surface area contributed by atoms with Crippen molar-refractivity contribution in [3.63, 3.8) is 0 Å². The Morgan fingerprint density at radius 2 is 2.08 bits per heavy atom. The Morgan fingerprint density at radius 3 is 2.88 bits per heavy atom. The highest BCUT2D eigenvalue weighted by Gasteiger charge is 2.24.